The first-order valence-electron chi connectivity index (χ1n) is 8.17. The number of carbonyl (C=O) groups is 1. The molecule has 1 aromatic heterocycles. The molecule has 1 N–H and O–H groups in total. The molecule has 2 aliphatic rings. The molecule has 2 heterocycles. The zero-order valence-electron chi connectivity index (χ0n) is 13.9. The van der Waals surface area contributed by atoms with Gasteiger partial charge in [0, 0.05) is 33.3 Å². The molecule has 27 heavy (non-hydrogen) atoms. The van der Waals surface area contributed by atoms with E-state index in [2.05, 4.69) is 15.4 Å². The number of allylic oxidation sites excluding steroid dienone is 2. The Labute approximate surface area is 162 Å². The number of hydrogen-bond donors (Lipinski definition) is 1. The minimum atomic E-state index is -4.71. The number of fused-ring (bicyclic) bond motifs is 1. The van der Waals surface area contributed by atoms with Crippen LogP contribution in [0.25, 0.3) is 0 Å². The third-order valence-corrected chi connectivity index (χ3v) is 5.20. The molecule has 0 spiro atoms. The summed E-state index contributed by atoms with van der Waals surface area (Å²) in [5.74, 6) is -1.43. The Morgan fingerprint density at radius 1 is 1.26 bits per heavy atom. The molecule has 1 aliphatic heterocycles. The van der Waals surface area contributed by atoms with Crippen LogP contribution in [0, 0.1) is 5.92 Å². The van der Waals surface area contributed by atoms with Crippen LogP contribution < -0.4 is 5.32 Å². The van der Waals surface area contributed by atoms with Crippen LogP contribution in [-0.2, 0) is 11.0 Å². The van der Waals surface area contributed by atoms with Crippen LogP contribution >= 0.6 is 23.2 Å². The second-order valence-corrected chi connectivity index (χ2v) is 7.57. The number of Topliss-reactive ketones (excluding diaryl/α,β-unsaturated/α-hetero) is 1. The summed E-state index contributed by atoms with van der Waals surface area (Å²) in [6, 6.07) is 3.75. The van der Waals surface area contributed by atoms with E-state index in [1.807, 2.05) is 6.92 Å². The Morgan fingerprint density at radius 2 is 2.00 bits per heavy atom. The van der Waals surface area contributed by atoms with Crippen LogP contribution in [0.2, 0.25) is 10.0 Å². The maximum Gasteiger partial charge on any atom is 0.453 e. The van der Waals surface area contributed by atoms with Crippen LogP contribution in [0.5, 0.6) is 0 Å². The van der Waals surface area contributed by atoms with Crippen molar-refractivity contribution in [3.63, 3.8) is 0 Å². The number of hydrogen-bond acceptors (Lipinski definition) is 4. The predicted molar refractivity (Wildman–Crippen MR) is 93.7 cm³/mol. The molecule has 2 atom stereocenters. The van der Waals surface area contributed by atoms with E-state index in [4.69, 9.17) is 23.2 Å². The van der Waals surface area contributed by atoms with Gasteiger partial charge in [0.15, 0.2) is 5.78 Å². The van der Waals surface area contributed by atoms with Crippen molar-refractivity contribution in [2.24, 2.45) is 5.92 Å². The summed E-state index contributed by atoms with van der Waals surface area (Å²) in [5, 5.41) is 7.11. The lowest BCUT2D eigenvalue weighted by Gasteiger charge is -2.34. The molecule has 0 fully saturated rings. The van der Waals surface area contributed by atoms with Crippen molar-refractivity contribution in [1.29, 1.82) is 0 Å². The minimum absolute atomic E-state index is 0.0704. The van der Waals surface area contributed by atoms with Gasteiger partial charge in [-0.25, -0.2) is 4.68 Å². The van der Waals surface area contributed by atoms with E-state index in [1.165, 1.54) is 6.07 Å². The van der Waals surface area contributed by atoms with Crippen molar-refractivity contribution >= 4 is 34.9 Å². The predicted octanol–water partition coefficient (Wildman–Crippen LogP) is 4.87. The molecule has 10 heteroatoms. The minimum Gasteiger partial charge on any atom is -0.328 e. The fourth-order valence-corrected chi connectivity index (χ4v) is 4.05. The summed E-state index contributed by atoms with van der Waals surface area (Å²) in [7, 11) is 0. The SMILES string of the molecule is C[C@@H]1CC(=O)C2=C(C1)Nc1nc(C(F)(F)F)nn1[C@H]2c1ccc(Cl)cc1Cl. The molecule has 0 saturated heterocycles. The van der Waals surface area contributed by atoms with Gasteiger partial charge in [0.2, 0.25) is 5.95 Å². The number of benzene rings is 1. The largest absolute Gasteiger partial charge is 0.453 e. The molecule has 142 valence electrons. The summed E-state index contributed by atoms with van der Waals surface area (Å²) in [4.78, 5) is 16.4. The average molecular weight is 417 g/mol. The van der Waals surface area contributed by atoms with E-state index >= 15 is 0 Å². The van der Waals surface area contributed by atoms with Crippen molar-refractivity contribution < 1.29 is 18.0 Å². The van der Waals surface area contributed by atoms with Crippen LogP contribution in [0.15, 0.2) is 29.5 Å². The standard InChI is InChI=1S/C17H13Cl2F3N4O/c1-7-4-11-13(12(27)5-7)14(9-3-2-8(18)6-10(9)19)26-16(23-11)24-15(25-26)17(20,21)22/h2-3,6-7,14H,4-5H2,1H3,(H,23,24,25)/t7-,14-/m0/s1. The van der Waals surface area contributed by atoms with Gasteiger partial charge < -0.3 is 5.32 Å². The van der Waals surface area contributed by atoms with E-state index < -0.39 is 18.0 Å². The maximum atomic E-state index is 13.2. The molecular formula is C17H13Cl2F3N4O. The Morgan fingerprint density at radius 3 is 2.67 bits per heavy atom. The summed E-state index contributed by atoms with van der Waals surface area (Å²) in [6.45, 7) is 1.91. The van der Waals surface area contributed by atoms with E-state index in [0.29, 0.717) is 34.7 Å². The van der Waals surface area contributed by atoms with Gasteiger partial charge in [0.25, 0.3) is 5.82 Å². The molecular weight excluding hydrogens is 404 g/mol. The zero-order chi connectivity index (χ0) is 19.5. The van der Waals surface area contributed by atoms with Gasteiger partial charge in [-0.15, -0.1) is 5.10 Å². The van der Waals surface area contributed by atoms with Crippen LogP contribution in [0.4, 0.5) is 19.1 Å². The third-order valence-electron chi connectivity index (χ3n) is 4.63. The van der Waals surface area contributed by atoms with Crippen LogP contribution in [0.1, 0.15) is 37.2 Å². The lowest BCUT2D eigenvalue weighted by Crippen LogP contribution is -2.33. The second kappa shape index (κ2) is 6.24. The van der Waals surface area contributed by atoms with Crippen molar-refractivity contribution in [1.82, 2.24) is 14.8 Å². The molecule has 0 bridgehead atoms. The number of nitrogens with zero attached hydrogens (tertiary/aromatic N) is 3. The van der Waals surface area contributed by atoms with Gasteiger partial charge in [0.1, 0.15) is 6.04 Å². The number of rotatable bonds is 1. The number of carbonyl (C=O) groups excluding carboxylic acids is 1. The molecule has 0 unspecified atom stereocenters. The lowest BCUT2D eigenvalue weighted by atomic mass is 9.81. The first kappa shape index (κ1) is 18.3. The average Bonchev–Trinajstić information content (AvgIpc) is 2.97. The Balaban J connectivity index is 1.94. The van der Waals surface area contributed by atoms with Crippen LogP contribution in [-0.4, -0.2) is 20.5 Å². The van der Waals surface area contributed by atoms with Crippen LogP contribution in [0.3, 0.4) is 0 Å². The molecule has 5 nitrogen and oxygen atoms in total. The van der Waals surface area contributed by atoms with Crippen molar-refractivity contribution in [2.75, 3.05) is 5.32 Å². The van der Waals surface area contributed by atoms with Crippen molar-refractivity contribution in [2.45, 2.75) is 32.0 Å². The highest BCUT2D eigenvalue weighted by Gasteiger charge is 2.43. The topological polar surface area (TPSA) is 59.8 Å². The number of anilines is 1. The normalized spacial score (nSPS) is 22.4. The number of nitrogens with one attached hydrogen (secondary N) is 1. The summed E-state index contributed by atoms with van der Waals surface area (Å²) in [5.41, 5.74) is 1.37. The Bertz CT molecular complexity index is 983. The lowest BCUT2D eigenvalue weighted by molar-refractivity contribution is -0.145. The molecule has 4 rings (SSSR count). The Hall–Kier alpha value is -2.06. The summed E-state index contributed by atoms with van der Waals surface area (Å²) < 4.78 is 40.5. The van der Waals surface area contributed by atoms with Gasteiger partial charge in [-0.3, -0.25) is 4.79 Å². The van der Waals surface area contributed by atoms with Gasteiger partial charge >= 0.3 is 6.18 Å². The third kappa shape index (κ3) is 3.10. The molecule has 1 aromatic carbocycles. The van der Waals surface area contributed by atoms with Crippen molar-refractivity contribution in [3.05, 3.63) is 50.9 Å². The second-order valence-electron chi connectivity index (χ2n) is 6.72. The first-order valence-corrected chi connectivity index (χ1v) is 8.92. The molecule has 1 aliphatic carbocycles. The molecule has 0 amide bonds. The van der Waals surface area contributed by atoms with E-state index in [0.717, 1.165) is 4.68 Å². The van der Waals surface area contributed by atoms with Gasteiger partial charge in [-0.05, 0) is 24.5 Å². The Kier molecular flexibility index (Phi) is 4.23. The first-order chi connectivity index (χ1) is 12.6. The quantitative estimate of drug-likeness (QED) is 0.719. The fraction of sp³-hybridized carbons (Fsp3) is 0.353. The van der Waals surface area contributed by atoms with E-state index in [9.17, 15) is 18.0 Å². The number of alkyl halides is 3. The highest BCUT2D eigenvalue weighted by molar-refractivity contribution is 6.35. The smallest absolute Gasteiger partial charge is 0.328 e. The zero-order valence-corrected chi connectivity index (χ0v) is 15.5. The molecule has 0 radical (unpaired) electrons. The van der Waals surface area contributed by atoms with Crippen molar-refractivity contribution in [3.8, 4) is 0 Å². The maximum absolute atomic E-state index is 13.2. The molecule has 0 saturated carbocycles. The number of ketones is 1. The summed E-state index contributed by atoms with van der Waals surface area (Å²) >= 11 is 12.3. The number of aromatic nitrogens is 3. The van der Waals surface area contributed by atoms with E-state index in [-0.39, 0.29) is 22.7 Å². The van der Waals surface area contributed by atoms with Gasteiger partial charge in [-0.1, -0.05) is 36.2 Å². The highest BCUT2D eigenvalue weighted by atomic mass is 35.5. The fourth-order valence-electron chi connectivity index (χ4n) is 3.54. The summed E-state index contributed by atoms with van der Waals surface area (Å²) in [6.07, 6.45) is -3.88. The van der Waals surface area contributed by atoms with E-state index in [1.54, 1.807) is 12.1 Å². The monoisotopic (exact) mass is 416 g/mol. The molecule has 2 aromatic rings. The van der Waals surface area contributed by atoms with Gasteiger partial charge in [0.05, 0.1) is 0 Å². The van der Waals surface area contributed by atoms with Gasteiger partial charge in [-0.2, -0.15) is 18.2 Å². The highest BCUT2D eigenvalue weighted by Crippen LogP contribution is 2.44. The number of halogens is 5.